The number of benzene rings is 6. The molecule has 6 aromatic carbocycles. The second-order valence-corrected chi connectivity index (χ2v) is 16.7. The van der Waals surface area contributed by atoms with E-state index >= 15 is 0 Å². The van der Waals surface area contributed by atoms with Crippen molar-refractivity contribution < 1.29 is 29.3 Å². The molecule has 2 aromatic heterocycles. The first kappa shape index (κ1) is 47.5. The average molecular weight is 928 g/mol. The third kappa shape index (κ3) is 11.0. The highest BCUT2D eigenvalue weighted by atomic mass is 35.5. The molecule has 0 bridgehead atoms. The van der Waals surface area contributed by atoms with Crippen molar-refractivity contribution in [3.8, 4) is 0 Å². The van der Waals surface area contributed by atoms with E-state index in [9.17, 15) is 19.8 Å². The molecule has 340 valence electrons. The van der Waals surface area contributed by atoms with Crippen molar-refractivity contribution in [1.29, 1.82) is 0 Å². The highest BCUT2D eigenvalue weighted by molar-refractivity contribution is 6.36. The molecule has 2 atom stereocenters. The summed E-state index contributed by atoms with van der Waals surface area (Å²) in [6.45, 7) is 9.48. The van der Waals surface area contributed by atoms with Crippen LogP contribution in [0, 0.1) is 13.8 Å². The lowest BCUT2D eigenvalue weighted by atomic mass is 9.86. The van der Waals surface area contributed by atoms with E-state index in [1.807, 2.05) is 149 Å². The van der Waals surface area contributed by atoms with Crippen molar-refractivity contribution in [2.75, 3.05) is 0 Å². The predicted molar refractivity (Wildman–Crippen MR) is 256 cm³/mol. The number of nitrogens with zero attached hydrogens (tertiary/aromatic N) is 6. The molecule has 0 amide bonds. The number of carbonyl (C=O) groups is 2. The van der Waals surface area contributed by atoms with Gasteiger partial charge in [0.1, 0.15) is 24.2 Å². The van der Waals surface area contributed by atoms with Gasteiger partial charge in [-0.15, -0.1) is 10.2 Å². The molecule has 0 aliphatic carbocycles. The quantitative estimate of drug-likeness (QED) is 0.0895. The van der Waals surface area contributed by atoms with Crippen molar-refractivity contribution in [3.63, 3.8) is 0 Å². The van der Waals surface area contributed by atoms with Crippen molar-refractivity contribution in [3.05, 3.63) is 187 Å². The average Bonchev–Trinajstić information content (AvgIpc) is 3.98. The summed E-state index contributed by atoms with van der Waals surface area (Å²) in [5.74, 6) is -1.38. The van der Waals surface area contributed by atoms with Crippen LogP contribution in [0.15, 0.2) is 121 Å². The van der Waals surface area contributed by atoms with E-state index in [1.165, 1.54) is 0 Å². The molecule has 0 aliphatic rings. The van der Waals surface area contributed by atoms with Gasteiger partial charge in [0.25, 0.3) is 0 Å². The molecule has 0 aliphatic heterocycles. The second-order valence-electron chi connectivity index (χ2n) is 16.0. The van der Waals surface area contributed by atoms with E-state index in [2.05, 4.69) is 20.6 Å². The summed E-state index contributed by atoms with van der Waals surface area (Å²) in [4.78, 5) is 25.7. The highest BCUT2D eigenvalue weighted by Crippen LogP contribution is 2.39. The monoisotopic (exact) mass is 926 g/mol. The Bertz CT molecular complexity index is 2740. The molecule has 0 unspecified atom stereocenters. The molecular formula is C52H52Cl2N6O6. The first-order valence-corrected chi connectivity index (χ1v) is 22.6. The Balaban J connectivity index is 0.000000196. The van der Waals surface area contributed by atoms with Crippen LogP contribution in [0.2, 0.25) is 10.0 Å². The van der Waals surface area contributed by atoms with E-state index in [0.29, 0.717) is 34.2 Å². The van der Waals surface area contributed by atoms with E-state index < -0.39 is 0 Å². The third-order valence-corrected chi connectivity index (χ3v) is 12.6. The number of aryl methyl sites for hydroxylation is 4. The van der Waals surface area contributed by atoms with Gasteiger partial charge in [-0.2, -0.15) is 0 Å². The van der Waals surface area contributed by atoms with Gasteiger partial charge in [-0.25, -0.2) is 9.36 Å². The van der Waals surface area contributed by atoms with Gasteiger partial charge in [0.05, 0.1) is 47.1 Å². The molecule has 0 fully saturated rings. The number of carbonyl (C=O) groups excluding carboxylic acids is 2. The Morgan fingerprint density at radius 3 is 1.33 bits per heavy atom. The lowest BCUT2D eigenvalue weighted by Gasteiger charge is -2.20. The zero-order valence-corrected chi connectivity index (χ0v) is 38.8. The number of ether oxygens (including phenoxy) is 2. The molecule has 2 heterocycles. The van der Waals surface area contributed by atoms with E-state index in [-0.39, 0.29) is 63.0 Å². The maximum atomic E-state index is 12.9. The SMILES string of the molecule is CCn1nnc2c(Cl)c([C@@H](CC(=O)OCc3ccccc3)c3ccc(C)c(CO)c3)ccc21.CCn1nnc2c(Cl)c([C@H](CC(=O)OCc3ccccc3)c3ccc(C)c(CO)c3)ccc21. The fourth-order valence-electron chi connectivity index (χ4n) is 7.94. The number of hydrogen-bond acceptors (Lipinski definition) is 10. The van der Waals surface area contributed by atoms with Gasteiger partial charge in [0, 0.05) is 24.9 Å². The number of aliphatic hydroxyl groups is 2. The molecular weight excluding hydrogens is 876 g/mol. The number of rotatable bonds is 16. The van der Waals surface area contributed by atoms with E-state index in [1.54, 1.807) is 9.36 Å². The van der Waals surface area contributed by atoms with Crippen molar-refractivity contribution in [2.45, 2.75) is 91.9 Å². The maximum Gasteiger partial charge on any atom is 0.307 e. The first-order valence-electron chi connectivity index (χ1n) is 21.9. The van der Waals surface area contributed by atoms with Crippen LogP contribution in [0.1, 0.15) is 94.2 Å². The smallest absolute Gasteiger partial charge is 0.307 e. The minimum atomic E-state index is -0.358. The van der Waals surface area contributed by atoms with Gasteiger partial charge < -0.3 is 19.7 Å². The second kappa shape index (κ2) is 22.2. The fraction of sp³-hybridized carbons (Fsp3) is 0.269. The number of hydrogen-bond donors (Lipinski definition) is 2. The van der Waals surface area contributed by atoms with Gasteiger partial charge in [-0.1, -0.05) is 143 Å². The van der Waals surface area contributed by atoms with E-state index in [0.717, 1.165) is 66.7 Å². The molecule has 0 spiro atoms. The lowest BCUT2D eigenvalue weighted by Crippen LogP contribution is -2.13. The molecule has 14 heteroatoms. The van der Waals surface area contributed by atoms with Gasteiger partial charge in [0.2, 0.25) is 0 Å². The van der Waals surface area contributed by atoms with Crippen LogP contribution in [0.4, 0.5) is 0 Å². The minimum Gasteiger partial charge on any atom is -0.461 e. The molecule has 0 radical (unpaired) electrons. The summed E-state index contributed by atoms with van der Waals surface area (Å²) < 4.78 is 14.7. The fourth-order valence-corrected chi connectivity index (χ4v) is 8.60. The Kier molecular flexibility index (Phi) is 16.0. The summed E-state index contributed by atoms with van der Waals surface area (Å²) in [5.41, 5.74) is 11.7. The van der Waals surface area contributed by atoms with Gasteiger partial charge in [-0.05, 0) is 95.5 Å². The Morgan fingerprint density at radius 1 is 0.576 bits per heavy atom. The van der Waals surface area contributed by atoms with Crippen LogP contribution in [0.5, 0.6) is 0 Å². The Morgan fingerprint density at radius 2 is 0.970 bits per heavy atom. The number of fused-ring (bicyclic) bond motifs is 2. The molecule has 8 rings (SSSR count). The summed E-state index contributed by atoms with van der Waals surface area (Å²) in [5, 5.41) is 37.3. The van der Waals surface area contributed by atoms with Gasteiger partial charge in [0.15, 0.2) is 0 Å². The Hall–Kier alpha value is -6.44. The molecule has 0 saturated carbocycles. The molecule has 0 saturated heterocycles. The molecule has 12 nitrogen and oxygen atoms in total. The molecule has 2 N–H and O–H groups in total. The zero-order valence-electron chi connectivity index (χ0n) is 37.3. The summed E-state index contributed by atoms with van der Waals surface area (Å²) in [6, 6.07) is 38.5. The number of esters is 2. The standard InChI is InChI=1S/2C26H26ClN3O3/c2*1-3-30-23-12-11-21(25(27)26(23)28-29-30)22(19-10-9-17(2)20(13-19)15-31)14-24(32)33-16-18-7-5-4-6-8-18/h2*4-13,22,31H,3,14-16H2,1-2H3/t2*22-/m10/s1. The zero-order chi connectivity index (χ0) is 46.7. The topological polar surface area (TPSA) is 154 Å². The van der Waals surface area contributed by atoms with E-state index in [4.69, 9.17) is 32.7 Å². The van der Waals surface area contributed by atoms with Crippen LogP contribution in [-0.4, -0.2) is 52.1 Å². The van der Waals surface area contributed by atoms with Crippen LogP contribution < -0.4 is 0 Å². The van der Waals surface area contributed by atoms with Crippen molar-refractivity contribution in [2.24, 2.45) is 0 Å². The predicted octanol–water partition coefficient (Wildman–Crippen LogP) is 10.3. The number of aliphatic hydroxyl groups excluding tert-OH is 2. The van der Waals surface area contributed by atoms with Crippen molar-refractivity contribution in [1.82, 2.24) is 30.0 Å². The number of halogens is 2. The van der Waals surface area contributed by atoms with Crippen molar-refractivity contribution >= 4 is 57.2 Å². The summed E-state index contributed by atoms with van der Waals surface area (Å²) >= 11 is 13.6. The van der Waals surface area contributed by atoms with Crippen LogP contribution in [-0.2, 0) is 58.6 Å². The minimum absolute atomic E-state index is 0.0809. The first-order chi connectivity index (χ1) is 32.0. The normalized spacial score (nSPS) is 12.1. The summed E-state index contributed by atoms with van der Waals surface area (Å²) in [7, 11) is 0. The maximum absolute atomic E-state index is 12.9. The van der Waals surface area contributed by atoms with Crippen LogP contribution >= 0.6 is 23.2 Å². The summed E-state index contributed by atoms with van der Waals surface area (Å²) in [6.07, 6.45) is 0.210. The lowest BCUT2D eigenvalue weighted by molar-refractivity contribution is -0.146. The van der Waals surface area contributed by atoms with Crippen LogP contribution in [0.3, 0.4) is 0 Å². The third-order valence-electron chi connectivity index (χ3n) is 11.8. The van der Waals surface area contributed by atoms with Gasteiger partial charge >= 0.3 is 11.9 Å². The van der Waals surface area contributed by atoms with Crippen LogP contribution in [0.25, 0.3) is 22.1 Å². The van der Waals surface area contributed by atoms with Gasteiger partial charge in [-0.3, -0.25) is 9.59 Å². The highest BCUT2D eigenvalue weighted by Gasteiger charge is 2.26. The molecule has 8 aromatic rings. The Labute approximate surface area is 393 Å². The largest absolute Gasteiger partial charge is 0.461 e. The number of aromatic nitrogens is 6. The molecule has 66 heavy (non-hydrogen) atoms.